The molecule has 15 heavy (non-hydrogen) atoms. The Kier molecular flexibility index (Phi) is 4.37. The predicted molar refractivity (Wildman–Crippen MR) is 58.2 cm³/mol. The highest BCUT2D eigenvalue weighted by molar-refractivity contribution is 9.10. The number of rotatable bonds is 4. The Labute approximate surface area is 96.4 Å². The van der Waals surface area contributed by atoms with Crippen LogP contribution in [0.25, 0.3) is 0 Å². The van der Waals surface area contributed by atoms with Crippen molar-refractivity contribution in [2.45, 2.75) is 25.8 Å². The third-order valence-corrected chi connectivity index (χ3v) is 2.26. The fourth-order valence-electron chi connectivity index (χ4n) is 1.12. The van der Waals surface area contributed by atoms with Crippen LogP contribution in [-0.4, -0.2) is 11.9 Å². The topological polar surface area (TPSA) is 66.0 Å². The van der Waals surface area contributed by atoms with Crippen LogP contribution in [0.1, 0.15) is 30.3 Å². The zero-order valence-corrected chi connectivity index (χ0v) is 9.87. The van der Waals surface area contributed by atoms with Crippen LogP contribution in [0.15, 0.2) is 21.2 Å². The first kappa shape index (κ1) is 11.8. The monoisotopic (exact) mass is 270 g/mol. The molecule has 1 aromatic heterocycles. The SMILES string of the molecule is CCC[C@@H](C#N)NC(=O)c1ccc(Br)o1. The molecule has 5 heteroatoms. The molecule has 1 amide bonds. The Morgan fingerprint density at radius 2 is 2.47 bits per heavy atom. The lowest BCUT2D eigenvalue weighted by atomic mass is 10.2. The van der Waals surface area contributed by atoms with Gasteiger partial charge in [0.15, 0.2) is 10.4 Å². The van der Waals surface area contributed by atoms with E-state index in [4.69, 9.17) is 9.68 Å². The van der Waals surface area contributed by atoms with Crippen LogP contribution in [0.5, 0.6) is 0 Å². The van der Waals surface area contributed by atoms with E-state index in [1.807, 2.05) is 13.0 Å². The average molecular weight is 271 g/mol. The summed E-state index contributed by atoms with van der Waals surface area (Å²) in [5.41, 5.74) is 0. The molecule has 1 atom stereocenters. The van der Waals surface area contributed by atoms with E-state index < -0.39 is 6.04 Å². The molecular formula is C10H11BrN2O2. The van der Waals surface area contributed by atoms with E-state index in [0.717, 1.165) is 6.42 Å². The summed E-state index contributed by atoms with van der Waals surface area (Å²) in [6, 6.07) is 4.76. The molecule has 0 unspecified atom stereocenters. The normalized spacial score (nSPS) is 11.8. The van der Waals surface area contributed by atoms with E-state index in [1.54, 1.807) is 12.1 Å². The second-order valence-corrected chi connectivity index (χ2v) is 3.83. The molecule has 0 radical (unpaired) electrons. The molecule has 4 nitrogen and oxygen atoms in total. The summed E-state index contributed by atoms with van der Waals surface area (Å²) in [5.74, 6) is -0.154. The van der Waals surface area contributed by atoms with Crippen molar-refractivity contribution in [2.75, 3.05) is 0 Å². The minimum Gasteiger partial charge on any atom is -0.444 e. The van der Waals surface area contributed by atoms with Crippen molar-refractivity contribution in [3.63, 3.8) is 0 Å². The number of nitriles is 1. The van der Waals surface area contributed by atoms with Gasteiger partial charge in [-0.25, -0.2) is 0 Å². The summed E-state index contributed by atoms with van der Waals surface area (Å²) in [6.45, 7) is 1.96. The Bertz CT molecular complexity index is 381. The van der Waals surface area contributed by atoms with Gasteiger partial charge < -0.3 is 9.73 Å². The zero-order chi connectivity index (χ0) is 11.3. The molecule has 0 aromatic carbocycles. The number of amides is 1. The number of nitrogens with zero attached hydrogens (tertiary/aromatic N) is 1. The molecule has 0 aliphatic heterocycles. The summed E-state index contributed by atoms with van der Waals surface area (Å²) in [7, 11) is 0. The van der Waals surface area contributed by atoms with Crippen LogP contribution >= 0.6 is 15.9 Å². The van der Waals surface area contributed by atoms with Crippen LogP contribution in [0.3, 0.4) is 0 Å². The summed E-state index contributed by atoms with van der Waals surface area (Å²) in [4.78, 5) is 11.5. The molecule has 0 bridgehead atoms. The fourth-order valence-corrected chi connectivity index (χ4v) is 1.43. The summed E-state index contributed by atoms with van der Waals surface area (Å²) in [6.07, 6.45) is 1.49. The number of hydrogen-bond donors (Lipinski definition) is 1. The minimum atomic E-state index is -0.452. The molecule has 0 fully saturated rings. The van der Waals surface area contributed by atoms with E-state index in [-0.39, 0.29) is 11.7 Å². The van der Waals surface area contributed by atoms with Gasteiger partial charge in [0, 0.05) is 0 Å². The fraction of sp³-hybridized carbons (Fsp3) is 0.400. The summed E-state index contributed by atoms with van der Waals surface area (Å²) >= 11 is 3.10. The number of carbonyl (C=O) groups is 1. The predicted octanol–water partition coefficient (Wildman–Crippen LogP) is 2.46. The number of hydrogen-bond acceptors (Lipinski definition) is 3. The largest absolute Gasteiger partial charge is 0.444 e. The number of halogens is 1. The quantitative estimate of drug-likeness (QED) is 0.914. The Balaban J connectivity index is 2.59. The van der Waals surface area contributed by atoms with Crippen molar-refractivity contribution < 1.29 is 9.21 Å². The van der Waals surface area contributed by atoms with Gasteiger partial charge in [0.25, 0.3) is 5.91 Å². The lowest BCUT2D eigenvalue weighted by Gasteiger charge is -2.08. The molecule has 80 valence electrons. The smallest absolute Gasteiger partial charge is 0.288 e. The van der Waals surface area contributed by atoms with E-state index in [0.29, 0.717) is 11.1 Å². The van der Waals surface area contributed by atoms with Gasteiger partial charge in [0.2, 0.25) is 0 Å². The average Bonchev–Trinajstić information content (AvgIpc) is 2.64. The molecule has 1 rings (SSSR count). The van der Waals surface area contributed by atoms with Gasteiger partial charge in [0.05, 0.1) is 6.07 Å². The van der Waals surface area contributed by atoms with Gasteiger partial charge in [-0.2, -0.15) is 5.26 Å². The molecule has 1 N–H and O–H groups in total. The molecule has 1 aromatic rings. The lowest BCUT2D eigenvalue weighted by Crippen LogP contribution is -2.33. The third kappa shape index (κ3) is 3.40. The molecule has 1 heterocycles. The maximum atomic E-state index is 11.5. The molecule has 0 aliphatic carbocycles. The van der Waals surface area contributed by atoms with E-state index >= 15 is 0 Å². The summed E-state index contributed by atoms with van der Waals surface area (Å²) < 4.78 is 5.56. The van der Waals surface area contributed by atoms with Crippen molar-refractivity contribution in [1.82, 2.24) is 5.32 Å². The van der Waals surface area contributed by atoms with Crippen molar-refractivity contribution in [3.05, 3.63) is 22.6 Å². The van der Waals surface area contributed by atoms with Gasteiger partial charge in [-0.1, -0.05) is 13.3 Å². The maximum Gasteiger partial charge on any atom is 0.288 e. The van der Waals surface area contributed by atoms with E-state index in [1.165, 1.54) is 0 Å². The molecule has 0 spiro atoms. The third-order valence-electron chi connectivity index (χ3n) is 1.84. The number of carbonyl (C=O) groups excluding carboxylic acids is 1. The molecule has 0 saturated carbocycles. The first-order chi connectivity index (χ1) is 7.17. The zero-order valence-electron chi connectivity index (χ0n) is 8.29. The van der Waals surface area contributed by atoms with Crippen molar-refractivity contribution in [3.8, 4) is 6.07 Å². The molecular weight excluding hydrogens is 260 g/mol. The van der Waals surface area contributed by atoms with Crippen LogP contribution < -0.4 is 5.32 Å². The minimum absolute atomic E-state index is 0.207. The Morgan fingerprint density at radius 1 is 1.73 bits per heavy atom. The highest BCUT2D eigenvalue weighted by Crippen LogP contribution is 2.14. The highest BCUT2D eigenvalue weighted by atomic mass is 79.9. The first-order valence-electron chi connectivity index (χ1n) is 4.63. The Morgan fingerprint density at radius 3 is 2.93 bits per heavy atom. The van der Waals surface area contributed by atoms with Crippen LogP contribution in [0.4, 0.5) is 0 Å². The Hall–Kier alpha value is -1.28. The maximum absolute atomic E-state index is 11.5. The van der Waals surface area contributed by atoms with Gasteiger partial charge >= 0.3 is 0 Å². The van der Waals surface area contributed by atoms with Crippen LogP contribution in [0, 0.1) is 11.3 Å². The van der Waals surface area contributed by atoms with E-state index in [2.05, 4.69) is 21.2 Å². The van der Waals surface area contributed by atoms with Crippen molar-refractivity contribution >= 4 is 21.8 Å². The molecule has 0 aliphatic rings. The van der Waals surface area contributed by atoms with Crippen LogP contribution in [0.2, 0.25) is 0 Å². The van der Waals surface area contributed by atoms with E-state index in [9.17, 15) is 4.79 Å². The van der Waals surface area contributed by atoms with Crippen molar-refractivity contribution in [1.29, 1.82) is 5.26 Å². The molecule has 0 saturated heterocycles. The second-order valence-electron chi connectivity index (χ2n) is 3.05. The lowest BCUT2D eigenvalue weighted by molar-refractivity contribution is 0.0914. The second kappa shape index (κ2) is 5.56. The highest BCUT2D eigenvalue weighted by Gasteiger charge is 2.14. The first-order valence-corrected chi connectivity index (χ1v) is 5.42. The standard InChI is InChI=1S/C10H11BrN2O2/c1-2-3-7(6-12)13-10(14)8-4-5-9(11)15-8/h4-5,7H,2-3H2,1H3,(H,13,14)/t7-/m0/s1. The number of nitrogens with one attached hydrogen (secondary N) is 1. The van der Waals surface area contributed by atoms with Gasteiger partial charge in [0.1, 0.15) is 6.04 Å². The van der Waals surface area contributed by atoms with Gasteiger partial charge in [-0.15, -0.1) is 0 Å². The van der Waals surface area contributed by atoms with Gasteiger partial charge in [-0.3, -0.25) is 4.79 Å². The van der Waals surface area contributed by atoms with Gasteiger partial charge in [-0.05, 0) is 34.5 Å². The number of furan rings is 1. The van der Waals surface area contributed by atoms with Crippen LogP contribution in [-0.2, 0) is 0 Å². The summed E-state index contributed by atoms with van der Waals surface area (Å²) in [5, 5.41) is 11.3. The van der Waals surface area contributed by atoms with Crippen molar-refractivity contribution in [2.24, 2.45) is 0 Å².